The van der Waals surface area contributed by atoms with Gasteiger partial charge in [0.25, 0.3) is 0 Å². The summed E-state index contributed by atoms with van der Waals surface area (Å²) < 4.78 is 27.5. The quantitative estimate of drug-likeness (QED) is 0.318. The highest BCUT2D eigenvalue weighted by Crippen LogP contribution is 2.36. The van der Waals surface area contributed by atoms with Gasteiger partial charge in [-0.3, -0.25) is 4.79 Å². The maximum absolute atomic E-state index is 13.3. The summed E-state index contributed by atoms with van der Waals surface area (Å²) >= 11 is 0. The van der Waals surface area contributed by atoms with Gasteiger partial charge in [-0.05, 0) is 29.8 Å². The maximum atomic E-state index is 13.3. The zero-order chi connectivity index (χ0) is 25.6. The molecule has 0 aliphatic carbocycles. The molecular formula is C24H22O12. The minimum absolute atomic E-state index is 0.0124. The maximum Gasteiger partial charge on any atom is 0.372 e. The van der Waals surface area contributed by atoms with Crippen LogP contribution in [0.4, 0.5) is 0 Å². The average Bonchev–Trinajstić information content (AvgIpc) is 2.88. The zero-order valence-electron chi connectivity index (χ0n) is 18.6. The van der Waals surface area contributed by atoms with E-state index >= 15 is 0 Å². The molecule has 0 unspecified atom stereocenters. The SMILES string of the molecule is O=C(O)c1oc2cc(O[C@@H]3O[C@H](CO)[C@@H](O)[C@H](O)[C@H]3O)ccc2c(=O)c1-c1ccc2c(c1)OCCO2. The van der Waals surface area contributed by atoms with E-state index in [0.29, 0.717) is 24.7 Å². The van der Waals surface area contributed by atoms with Gasteiger partial charge in [0.15, 0.2) is 11.5 Å². The Morgan fingerprint density at radius 2 is 1.72 bits per heavy atom. The van der Waals surface area contributed by atoms with Crippen LogP contribution < -0.4 is 19.6 Å². The average molecular weight is 502 g/mol. The first-order valence-corrected chi connectivity index (χ1v) is 11.0. The monoisotopic (exact) mass is 502 g/mol. The van der Waals surface area contributed by atoms with E-state index in [2.05, 4.69) is 0 Å². The standard InChI is InChI=1S/C24H22O12/c25-9-16-19(27)20(28)21(29)24(36-16)34-11-2-3-12-14(8-11)35-22(23(30)31)17(18(12)26)10-1-4-13-15(7-10)33-6-5-32-13/h1-4,7-8,16,19-21,24-25,27-29H,5-6,9H2,(H,30,31)/t16-,19-,20+,21-,24-/m1/s1. The van der Waals surface area contributed by atoms with Crippen molar-refractivity contribution in [2.75, 3.05) is 19.8 Å². The number of aromatic carboxylic acids is 1. The first-order chi connectivity index (χ1) is 17.3. The summed E-state index contributed by atoms with van der Waals surface area (Å²) in [6.45, 7) is 0.0478. The molecule has 1 fully saturated rings. The van der Waals surface area contributed by atoms with Crippen LogP contribution >= 0.6 is 0 Å². The Balaban J connectivity index is 1.53. The second kappa shape index (κ2) is 9.41. The molecule has 0 amide bonds. The van der Waals surface area contributed by atoms with Crippen LogP contribution in [0.5, 0.6) is 17.2 Å². The molecule has 12 nitrogen and oxygen atoms in total. The number of ether oxygens (including phenoxy) is 4. The third-order valence-electron chi connectivity index (χ3n) is 5.99. The molecular weight excluding hydrogens is 480 g/mol. The third-order valence-corrected chi connectivity index (χ3v) is 5.99. The van der Waals surface area contributed by atoms with Gasteiger partial charge in [-0.15, -0.1) is 0 Å². The van der Waals surface area contributed by atoms with Crippen molar-refractivity contribution in [1.29, 1.82) is 0 Å². The lowest BCUT2D eigenvalue weighted by atomic mass is 9.99. The Labute approximate surface area is 202 Å². The Bertz CT molecular complexity index is 1360. The van der Waals surface area contributed by atoms with Gasteiger partial charge in [0, 0.05) is 6.07 Å². The number of hydrogen-bond acceptors (Lipinski definition) is 11. The number of benzene rings is 2. The van der Waals surface area contributed by atoms with Gasteiger partial charge in [0.2, 0.25) is 17.5 Å². The van der Waals surface area contributed by atoms with E-state index in [1.54, 1.807) is 6.07 Å². The summed E-state index contributed by atoms with van der Waals surface area (Å²) in [5.74, 6) is -1.22. The van der Waals surface area contributed by atoms with Crippen LogP contribution in [0.2, 0.25) is 0 Å². The molecule has 3 heterocycles. The Kier molecular flexibility index (Phi) is 6.28. The number of aliphatic hydroxyl groups excluding tert-OH is 4. The van der Waals surface area contributed by atoms with Crippen molar-refractivity contribution in [2.24, 2.45) is 0 Å². The molecule has 1 aromatic heterocycles. The van der Waals surface area contributed by atoms with Crippen LogP contribution in [-0.4, -0.2) is 82.0 Å². The summed E-state index contributed by atoms with van der Waals surface area (Å²) in [5, 5.41) is 49.2. The highest BCUT2D eigenvalue weighted by molar-refractivity contribution is 5.97. The van der Waals surface area contributed by atoms with Gasteiger partial charge >= 0.3 is 5.97 Å². The van der Waals surface area contributed by atoms with E-state index in [9.17, 15) is 35.1 Å². The fraction of sp³-hybridized carbons (Fsp3) is 0.333. The van der Waals surface area contributed by atoms with Crippen LogP contribution in [-0.2, 0) is 4.74 Å². The molecule has 3 aromatic rings. The van der Waals surface area contributed by atoms with E-state index in [0.717, 1.165) is 0 Å². The van der Waals surface area contributed by atoms with Crippen molar-refractivity contribution in [2.45, 2.75) is 30.7 Å². The fourth-order valence-corrected chi connectivity index (χ4v) is 4.16. The molecule has 2 aromatic carbocycles. The first-order valence-electron chi connectivity index (χ1n) is 11.0. The summed E-state index contributed by atoms with van der Waals surface area (Å²) in [5.41, 5.74) is -0.617. The van der Waals surface area contributed by atoms with Gasteiger partial charge in [0.05, 0.1) is 17.6 Å². The molecule has 2 aliphatic heterocycles. The molecule has 2 aliphatic rings. The Hall–Kier alpha value is -3.68. The zero-order valence-corrected chi connectivity index (χ0v) is 18.6. The lowest BCUT2D eigenvalue weighted by molar-refractivity contribution is -0.277. The smallest absolute Gasteiger partial charge is 0.372 e. The fourth-order valence-electron chi connectivity index (χ4n) is 4.16. The first kappa shape index (κ1) is 24.0. The number of carboxylic acid groups (broad SMARTS) is 1. The van der Waals surface area contributed by atoms with E-state index < -0.39 is 54.5 Å². The number of hydrogen-bond donors (Lipinski definition) is 5. The lowest BCUT2D eigenvalue weighted by Gasteiger charge is -2.39. The summed E-state index contributed by atoms with van der Waals surface area (Å²) in [7, 11) is 0. The Morgan fingerprint density at radius 3 is 2.44 bits per heavy atom. The van der Waals surface area contributed by atoms with Crippen molar-refractivity contribution in [3.8, 4) is 28.4 Å². The lowest BCUT2D eigenvalue weighted by Crippen LogP contribution is -2.60. The number of carbonyl (C=O) groups is 1. The molecule has 5 atom stereocenters. The second-order valence-electron chi connectivity index (χ2n) is 8.27. The predicted octanol–water partition coefficient (Wildman–Crippen LogP) is 0.108. The summed E-state index contributed by atoms with van der Waals surface area (Å²) in [4.78, 5) is 25.4. The van der Waals surface area contributed by atoms with Crippen molar-refractivity contribution in [1.82, 2.24) is 0 Å². The van der Waals surface area contributed by atoms with Crippen LogP contribution in [0.25, 0.3) is 22.1 Å². The van der Waals surface area contributed by atoms with E-state index in [1.807, 2.05) is 0 Å². The van der Waals surface area contributed by atoms with Crippen molar-refractivity contribution in [3.63, 3.8) is 0 Å². The van der Waals surface area contributed by atoms with Gasteiger partial charge in [-0.1, -0.05) is 6.07 Å². The molecule has 0 saturated carbocycles. The Morgan fingerprint density at radius 1 is 0.972 bits per heavy atom. The van der Waals surface area contributed by atoms with Crippen LogP contribution in [0.3, 0.4) is 0 Å². The summed E-state index contributed by atoms with van der Waals surface area (Å²) in [6, 6.07) is 8.58. The molecule has 5 N–H and O–H groups in total. The second-order valence-corrected chi connectivity index (χ2v) is 8.27. The largest absolute Gasteiger partial charge is 0.486 e. The molecule has 36 heavy (non-hydrogen) atoms. The van der Waals surface area contributed by atoms with Crippen LogP contribution in [0.1, 0.15) is 10.6 Å². The number of carboxylic acids is 1. The van der Waals surface area contributed by atoms with Crippen molar-refractivity contribution >= 4 is 16.9 Å². The van der Waals surface area contributed by atoms with Crippen LogP contribution in [0, 0.1) is 0 Å². The molecule has 0 radical (unpaired) electrons. The highest BCUT2D eigenvalue weighted by atomic mass is 16.7. The van der Waals surface area contributed by atoms with E-state index in [1.165, 1.54) is 30.3 Å². The normalized spacial score (nSPS) is 25.5. The number of fused-ring (bicyclic) bond motifs is 2. The minimum atomic E-state index is -1.65. The topological polar surface area (TPSA) is 185 Å². The molecule has 1 saturated heterocycles. The molecule has 190 valence electrons. The van der Waals surface area contributed by atoms with Crippen molar-refractivity contribution in [3.05, 3.63) is 52.4 Å². The van der Waals surface area contributed by atoms with E-state index in [-0.39, 0.29) is 27.8 Å². The third kappa shape index (κ3) is 4.14. The number of aliphatic hydroxyl groups is 4. The molecule has 5 rings (SSSR count). The van der Waals surface area contributed by atoms with Gasteiger partial charge in [-0.2, -0.15) is 0 Å². The minimum Gasteiger partial charge on any atom is -0.486 e. The van der Waals surface area contributed by atoms with Gasteiger partial charge in [-0.25, -0.2) is 4.79 Å². The van der Waals surface area contributed by atoms with Crippen molar-refractivity contribution < 1.29 is 53.7 Å². The highest BCUT2D eigenvalue weighted by Gasteiger charge is 2.44. The molecule has 0 bridgehead atoms. The van der Waals surface area contributed by atoms with Gasteiger partial charge < -0.3 is 48.9 Å². The predicted molar refractivity (Wildman–Crippen MR) is 120 cm³/mol. The van der Waals surface area contributed by atoms with Crippen LogP contribution in [0.15, 0.2) is 45.6 Å². The number of rotatable bonds is 5. The van der Waals surface area contributed by atoms with E-state index in [4.69, 9.17) is 23.4 Å². The molecule has 12 heteroatoms. The van der Waals surface area contributed by atoms with Gasteiger partial charge in [0.1, 0.15) is 49.0 Å². The summed E-state index contributed by atoms with van der Waals surface area (Å²) in [6.07, 6.45) is -7.51. The molecule has 0 spiro atoms.